The molecule has 144 valence electrons. The van der Waals surface area contributed by atoms with E-state index in [4.69, 9.17) is 9.15 Å². The van der Waals surface area contributed by atoms with E-state index in [9.17, 15) is 17.9 Å². The highest BCUT2D eigenvalue weighted by molar-refractivity contribution is 9.10. The Morgan fingerprint density at radius 1 is 1.44 bits per heavy atom. The first-order chi connectivity index (χ1) is 12.9. The van der Waals surface area contributed by atoms with Gasteiger partial charge >= 0.3 is 5.76 Å². The third-order valence-corrected chi connectivity index (χ3v) is 5.31. The van der Waals surface area contributed by atoms with Crippen LogP contribution < -0.4 is 10.5 Å². The van der Waals surface area contributed by atoms with Crippen molar-refractivity contribution in [3.8, 4) is 17.2 Å². The van der Waals surface area contributed by atoms with Crippen LogP contribution in [0.5, 0.6) is 0 Å². The second-order valence-corrected chi connectivity index (χ2v) is 8.18. The highest BCUT2D eigenvalue weighted by Crippen LogP contribution is 2.31. The van der Waals surface area contributed by atoms with Gasteiger partial charge in [0.25, 0.3) is 0 Å². The number of thioether (sulfide) groups is 1. The maximum absolute atomic E-state index is 13.5. The summed E-state index contributed by atoms with van der Waals surface area (Å²) in [5.74, 6) is -1.30. The zero-order valence-corrected chi connectivity index (χ0v) is 16.6. The average Bonchev–Trinajstić information content (AvgIpc) is 3.21. The molecular weight excluding hydrogens is 469 g/mol. The predicted octanol–water partition coefficient (Wildman–Crippen LogP) is 1.64. The molecule has 3 aromatic rings. The Kier molecular flexibility index (Phi) is 6.21. The summed E-state index contributed by atoms with van der Waals surface area (Å²) in [7, 11) is 0. The third-order valence-electron chi connectivity index (χ3n) is 3.24. The van der Waals surface area contributed by atoms with Crippen LogP contribution in [-0.4, -0.2) is 40.6 Å². The number of nitrogens with one attached hydrogen (secondary N) is 1. The summed E-state index contributed by atoms with van der Waals surface area (Å²) in [6.45, 7) is 1.90. The summed E-state index contributed by atoms with van der Waals surface area (Å²) in [6, 6.07) is 3.93. The molecule has 27 heavy (non-hydrogen) atoms. The summed E-state index contributed by atoms with van der Waals surface area (Å²) in [4.78, 5) is 12.1. The van der Waals surface area contributed by atoms with Crippen molar-refractivity contribution in [2.45, 2.75) is 17.2 Å². The van der Waals surface area contributed by atoms with Crippen LogP contribution in [0.25, 0.3) is 17.2 Å². The van der Waals surface area contributed by atoms with Gasteiger partial charge in [-0.2, -0.15) is 0 Å². The van der Waals surface area contributed by atoms with Gasteiger partial charge in [0.15, 0.2) is 10.7 Å². The van der Waals surface area contributed by atoms with E-state index in [-0.39, 0.29) is 32.8 Å². The van der Waals surface area contributed by atoms with Gasteiger partial charge in [0, 0.05) is 23.1 Å². The monoisotopic (exact) mass is 478 g/mol. The van der Waals surface area contributed by atoms with Gasteiger partial charge in [-0.3, -0.25) is 8.73 Å². The number of nitrogens with zero attached hydrogens (tertiary/aromatic N) is 4. The van der Waals surface area contributed by atoms with E-state index in [0.717, 1.165) is 16.3 Å². The van der Waals surface area contributed by atoms with Crippen LogP contribution in [0.15, 0.2) is 41.6 Å². The lowest BCUT2D eigenvalue weighted by Gasteiger charge is -2.12. The summed E-state index contributed by atoms with van der Waals surface area (Å²) < 4.78 is 47.6. The van der Waals surface area contributed by atoms with Gasteiger partial charge < -0.3 is 4.55 Å². The minimum Gasteiger partial charge on any atom is -0.760 e. The van der Waals surface area contributed by atoms with Crippen molar-refractivity contribution in [2.24, 2.45) is 0 Å². The van der Waals surface area contributed by atoms with Crippen molar-refractivity contribution in [3.05, 3.63) is 39.0 Å². The lowest BCUT2D eigenvalue weighted by Crippen LogP contribution is -2.24. The predicted molar refractivity (Wildman–Crippen MR) is 95.3 cm³/mol. The fraction of sp³-hybridized carbons (Fsp3) is 0.231. The first-order valence-electron chi connectivity index (χ1n) is 7.23. The van der Waals surface area contributed by atoms with Gasteiger partial charge in [-0.25, -0.2) is 23.1 Å². The fourth-order valence-corrected chi connectivity index (χ4v) is 3.79. The Morgan fingerprint density at radius 2 is 2.22 bits per heavy atom. The smallest absolute Gasteiger partial charge is 0.446 e. The lowest BCUT2D eigenvalue weighted by atomic mass is 10.3. The van der Waals surface area contributed by atoms with Crippen LogP contribution in [0.1, 0.15) is 6.92 Å². The Hall–Kier alpha value is -1.87. The molecule has 1 N–H and O–H groups in total. The second-order valence-electron chi connectivity index (χ2n) is 5.14. The molecule has 2 aromatic heterocycles. The number of rotatable bonds is 7. The van der Waals surface area contributed by atoms with Crippen molar-refractivity contribution < 1.29 is 22.3 Å². The highest BCUT2D eigenvalue weighted by atomic mass is 79.9. The van der Waals surface area contributed by atoms with Crippen LogP contribution in [0, 0.1) is 5.82 Å². The summed E-state index contributed by atoms with van der Waals surface area (Å²) >= 11 is 1.83. The molecule has 0 fully saturated rings. The van der Waals surface area contributed by atoms with Crippen molar-refractivity contribution >= 4 is 39.0 Å². The molecule has 0 aliphatic heterocycles. The number of benzene rings is 1. The zero-order chi connectivity index (χ0) is 19.6. The van der Waals surface area contributed by atoms with E-state index in [0.29, 0.717) is 5.69 Å². The molecule has 0 radical (unpaired) electrons. The fourth-order valence-electron chi connectivity index (χ4n) is 2.06. The average molecular weight is 479 g/mol. The van der Waals surface area contributed by atoms with Crippen molar-refractivity contribution in [1.29, 1.82) is 0 Å². The number of hydrogen-bond acceptors (Lipinski definition) is 9. The molecule has 0 spiro atoms. The van der Waals surface area contributed by atoms with E-state index < -0.39 is 22.8 Å². The normalized spacial score (nSPS) is 13.6. The van der Waals surface area contributed by atoms with Crippen LogP contribution in [0.3, 0.4) is 0 Å². The highest BCUT2D eigenvalue weighted by Gasteiger charge is 2.24. The second kappa shape index (κ2) is 8.43. The molecule has 3 rings (SSSR count). The third kappa shape index (κ3) is 4.52. The zero-order valence-electron chi connectivity index (χ0n) is 13.4. The van der Waals surface area contributed by atoms with Crippen molar-refractivity contribution in [1.82, 2.24) is 24.8 Å². The van der Waals surface area contributed by atoms with Crippen LogP contribution >= 0.6 is 27.7 Å². The molecule has 0 bridgehead atoms. The molecule has 1 aromatic carbocycles. The Morgan fingerprint density at radius 3 is 2.93 bits per heavy atom. The maximum atomic E-state index is 13.5. The first kappa shape index (κ1) is 19.9. The van der Waals surface area contributed by atoms with Crippen LogP contribution in [0.2, 0.25) is 0 Å². The van der Waals surface area contributed by atoms with E-state index in [1.165, 1.54) is 18.2 Å². The summed E-state index contributed by atoms with van der Waals surface area (Å²) in [6.07, 6.45) is 0. The van der Waals surface area contributed by atoms with Crippen molar-refractivity contribution in [3.63, 3.8) is 0 Å². The van der Waals surface area contributed by atoms with E-state index in [1.807, 2.05) is 0 Å². The van der Waals surface area contributed by atoms with E-state index in [1.54, 1.807) is 6.92 Å². The maximum Gasteiger partial charge on any atom is 0.446 e. The molecular formula is C13H10BrFN5O5S2-. The standard InChI is InChI=1S/C13H11BrFN5O5S2/c1-6(5-16-27(22)23)26-12-10(17-25-19-12)11-18-24-13(21)20(11)7-2-3-9(15)8(14)4-7/h2-4,6,16H,5H2,1H3,(H,22,23)/p-1. The van der Waals surface area contributed by atoms with Crippen molar-refractivity contribution in [2.75, 3.05) is 6.54 Å². The van der Waals surface area contributed by atoms with Gasteiger partial charge in [-0.15, -0.1) is 0 Å². The first-order valence-corrected chi connectivity index (χ1v) is 9.98. The minimum atomic E-state index is -2.39. The number of aromatic nitrogens is 4. The minimum absolute atomic E-state index is 0.00909. The topological polar surface area (TPSA) is 139 Å². The number of halogens is 2. The van der Waals surface area contributed by atoms with Gasteiger partial charge in [-0.1, -0.05) is 23.8 Å². The molecule has 2 unspecified atom stereocenters. The van der Waals surface area contributed by atoms with Gasteiger partial charge in [-0.05, 0) is 44.4 Å². The van der Waals surface area contributed by atoms with Gasteiger partial charge in [0.05, 0.1) is 10.2 Å². The molecule has 0 amide bonds. The van der Waals surface area contributed by atoms with Gasteiger partial charge in [0.1, 0.15) is 5.82 Å². The molecule has 2 heterocycles. The van der Waals surface area contributed by atoms with Crippen LogP contribution in [-0.2, 0) is 11.3 Å². The Bertz CT molecular complexity index is 1040. The summed E-state index contributed by atoms with van der Waals surface area (Å²) in [5.41, 5.74) is 0.418. The molecule has 0 saturated carbocycles. The van der Waals surface area contributed by atoms with Crippen LogP contribution in [0.4, 0.5) is 4.39 Å². The van der Waals surface area contributed by atoms with E-state index >= 15 is 0 Å². The molecule has 0 saturated heterocycles. The molecule has 0 aliphatic carbocycles. The molecule has 2 atom stereocenters. The summed E-state index contributed by atoms with van der Waals surface area (Å²) in [5, 5.41) is 11.3. The van der Waals surface area contributed by atoms with Gasteiger partial charge in [0.2, 0.25) is 5.82 Å². The number of hydrogen-bond donors (Lipinski definition) is 1. The molecule has 14 heteroatoms. The molecule has 0 aliphatic rings. The Labute approximate surface area is 166 Å². The lowest BCUT2D eigenvalue weighted by molar-refractivity contribution is 0.299. The quantitative estimate of drug-likeness (QED) is 0.396. The Balaban J connectivity index is 1.95. The largest absolute Gasteiger partial charge is 0.760 e. The molecule has 10 nitrogen and oxygen atoms in total. The van der Waals surface area contributed by atoms with E-state index in [2.05, 4.69) is 36.1 Å². The SMILES string of the molecule is CC(CNS(=O)[O-])Sc1nonc1-c1noc(=O)n1-c1ccc(F)c(Br)c1.